The van der Waals surface area contributed by atoms with Gasteiger partial charge < -0.3 is 19.8 Å². The van der Waals surface area contributed by atoms with Crippen molar-refractivity contribution < 1.29 is 24.5 Å². The van der Waals surface area contributed by atoms with Crippen LogP contribution in [0.15, 0.2) is 48.0 Å². The van der Waals surface area contributed by atoms with E-state index in [9.17, 15) is 19.8 Å². The number of aliphatic hydroxyl groups is 1. The molecule has 1 saturated heterocycles. The first-order valence-electron chi connectivity index (χ1n) is 12.4. The molecule has 1 saturated carbocycles. The maximum Gasteiger partial charge on any atom is 0.295 e. The molecule has 7 heteroatoms. The molecule has 2 N–H and O–H groups in total. The van der Waals surface area contributed by atoms with Gasteiger partial charge >= 0.3 is 0 Å². The largest absolute Gasteiger partial charge is 0.507 e. The standard InChI is InChI=1S/C28H32ClNO5/c1-2-3-7-16-35-21-13-10-18(11-14-21)26(32)24-25(19-12-15-23(31)22(29)17-19)30(28(34)27(24)33)20-8-5-4-6-9-20/h10-15,17,20,25,31-32H,2-9,16H2,1H3/b26-24-. The van der Waals surface area contributed by atoms with E-state index in [1.807, 2.05) is 0 Å². The summed E-state index contributed by atoms with van der Waals surface area (Å²) in [4.78, 5) is 28.1. The maximum atomic E-state index is 13.3. The summed E-state index contributed by atoms with van der Waals surface area (Å²) in [5, 5.41) is 21.3. The van der Waals surface area contributed by atoms with Crippen LogP contribution < -0.4 is 4.74 Å². The first-order chi connectivity index (χ1) is 16.9. The molecule has 2 aromatic carbocycles. The lowest BCUT2D eigenvalue weighted by Crippen LogP contribution is -2.40. The fourth-order valence-corrected chi connectivity index (χ4v) is 5.20. The summed E-state index contributed by atoms with van der Waals surface area (Å²) in [5.41, 5.74) is 1.05. The Balaban J connectivity index is 1.72. The molecule has 1 heterocycles. The van der Waals surface area contributed by atoms with Gasteiger partial charge in [-0.3, -0.25) is 9.59 Å². The molecule has 2 aliphatic rings. The highest BCUT2D eigenvalue weighted by molar-refractivity contribution is 6.46. The number of unbranched alkanes of at least 4 members (excludes halogenated alkanes) is 2. The van der Waals surface area contributed by atoms with Gasteiger partial charge in [0.05, 0.1) is 23.2 Å². The molecule has 4 rings (SSSR count). The Hall–Kier alpha value is -2.99. The van der Waals surface area contributed by atoms with Crippen LogP contribution in [0, 0.1) is 0 Å². The van der Waals surface area contributed by atoms with E-state index in [1.165, 1.54) is 6.07 Å². The fourth-order valence-electron chi connectivity index (χ4n) is 5.01. The zero-order valence-electron chi connectivity index (χ0n) is 20.0. The summed E-state index contributed by atoms with van der Waals surface area (Å²) in [5.74, 6) is -0.944. The summed E-state index contributed by atoms with van der Waals surface area (Å²) in [6.45, 7) is 2.75. The smallest absolute Gasteiger partial charge is 0.295 e. The van der Waals surface area contributed by atoms with E-state index in [1.54, 1.807) is 41.3 Å². The predicted molar refractivity (Wildman–Crippen MR) is 136 cm³/mol. The number of halogens is 1. The molecule has 2 fully saturated rings. The Morgan fingerprint density at radius 3 is 2.43 bits per heavy atom. The molecular formula is C28H32ClNO5. The van der Waals surface area contributed by atoms with Crippen LogP contribution in [-0.2, 0) is 9.59 Å². The van der Waals surface area contributed by atoms with Crippen LogP contribution in [0.4, 0.5) is 0 Å². The molecule has 1 unspecified atom stereocenters. The van der Waals surface area contributed by atoms with Gasteiger partial charge in [-0.1, -0.05) is 56.7 Å². The van der Waals surface area contributed by atoms with E-state index in [0.717, 1.165) is 51.4 Å². The van der Waals surface area contributed by atoms with Crippen molar-refractivity contribution in [1.82, 2.24) is 4.90 Å². The van der Waals surface area contributed by atoms with E-state index in [4.69, 9.17) is 16.3 Å². The number of rotatable bonds is 8. The topological polar surface area (TPSA) is 87.1 Å². The van der Waals surface area contributed by atoms with E-state index in [-0.39, 0.29) is 28.1 Å². The van der Waals surface area contributed by atoms with Crippen LogP contribution in [0.1, 0.15) is 75.5 Å². The zero-order valence-corrected chi connectivity index (χ0v) is 20.8. The number of aromatic hydroxyl groups is 1. The Kier molecular flexibility index (Phi) is 8.01. The number of ketones is 1. The molecule has 35 heavy (non-hydrogen) atoms. The summed E-state index contributed by atoms with van der Waals surface area (Å²) in [6.07, 6.45) is 7.86. The predicted octanol–water partition coefficient (Wildman–Crippen LogP) is 6.37. The second-order valence-corrected chi connectivity index (χ2v) is 9.70. The van der Waals surface area contributed by atoms with Gasteiger partial charge in [-0.05, 0) is 61.2 Å². The van der Waals surface area contributed by atoms with Crippen molar-refractivity contribution in [3.05, 3.63) is 64.2 Å². The number of nitrogens with zero attached hydrogens (tertiary/aromatic N) is 1. The molecule has 1 aliphatic carbocycles. The van der Waals surface area contributed by atoms with Gasteiger partial charge in [-0.15, -0.1) is 0 Å². The highest BCUT2D eigenvalue weighted by Crippen LogP contribution is 2.44. The Bertz CT molecular complexity index is 1100. The quantitative estimate of drug-likeness (QED) is 0.191. The third-order valence-corrected chi connectivity index (χ3v) is 7.18. The third kappa shape index (κ3) is 5.32. The number of aliphatic hydroxyl groups excluding tert-OH is 1. The van der Waals surface area contributed by atoms with Gasteiger partial charge in [0, 0.05) is 11.6 Å². The van der Waals surface area contributed by atoms with Gasteiger partial charge in [0.2, 0.25) is 0 Å². The minimum Gasteiger partial charge on any atom is -0.507 e. The summed E-state index contributed by atoms with van der Waals surface area (Å²) < 4.78 is 5.75. The average Bonchev–Trinajstić information content (AvgIpc) is 3.14. The Labute approximate surface area is 211 Å². The summed E-state index contributed by atoms with van der Waals surface area (Å²) in [6, 6.07) is 10.7. The van der Waals surface area contributed by atoms with Crippen molar-refractivity contribution in [3.63, 3.8) is 0 Å². The van der Waals surface area contributed by atoms with Crippen LogP contribution in [-0.4, -0.2) is 39.5 Å². The molecule has 6 nitrogen and oxygen atoms in total. The number of carbonyl (C=O) groups is 2. The van der Waals surface area contributed by atoms with Gasteiger partial charge in [-0.2, -0.15) is 0 Å². The lowest BCUT2D eigenvalue weighted by molar-refractivity contribution is -0.141. The van der Waals surface area contributed by atoms with Crippen LogP contribution in [0.2, 0.25) is 5.02 Å². The fraction of sp³-hybridized carbons (Fsp3) is 0.429. The van der Waals surface area contributed by atoms with Crippen LogP contribution in [0.3, 0.4) is 0 Å². The van der Waals surface area contributed by atoms with Gasteiger partial charge in [-0.25, -0.2) is 0 Å². The van der Waals surface area contributed by atoms with Gasteiger partial charge in [0.15, 0.2) is 0 Å². The molecule has 186 valence electrons. The molecule has 0 aromatic heterocycles. The number of benzene rings is 2. The minimum atomic E-state index is -0.777. The van der Waals surface area contributed by atoms with Gasteiger partial charge in [0.25, 0.3) is 11.7 Å². The van der Waals surface area contributed by atoms with E-state index < -0.39 is 17.7 Å². The third-order valence-electron chi connectivity index (χ3n) is 6.88. The van der Waals surface area contributed by atoms with Gasteiger partial charge in [0.1, 0.15) is 17.3 Å². The zero-order chi connectivity index (χ0) is 24.9. The SMILES string of the molecule is CCCCCOc1ccc(/C(O)=C2/C(=O)C(=O)N(C3CCCCC3)C2c2ccc(O)c(Cl)c2)cc1. The first kappa shape index (κ1) is 25.1. The highest BCUT2D eigenvalue weighted by atomic mass is 35.5. The van der Waals surface area contributed by atoms with Crippen molar-refractivity contribution >= 4 is 29.1 Å². The maximum absolute atomic E-state index is 13.3. The van der Waals surface area contributed by atoms with E-state index in [0.29, 0.717) is 23.5 Å². The number of hydrogen-bond donors (Lipinski definition) is 2. The molecule has 1 amide bonds. The van der Waals surface area contributed by atoms with Crippen LogP contribution in [0.25, 0.3) is 5.76 Å². The van der Waals surface area contributed by atoms with Crippen LogP contribution in [0.5, 0.6) is 11.5 Å². The molecule has 0 radical (unpaired) electrons. The molecule has 0 bridgehead atoms. The van der Waals surface area contributed by atoms with E-state index >= 15 is 0 Å². The van der Waals surface area contributed by atoms with E-state index in [2.05, 4.69) is 6.92 Å². The highest BCUT2D eigenvalue weighted by Gasteiger charge is 2.49. The van der Waals surface area contributed by atoms with Crippen molar-refractivity contribution in [2.45, 2.75) is 70.4 Å². The molecule has 0 spiro atoms. The average molecular weight is 498 g/mol. The van der Waals surface area contributed by atoms with Crippen molar-refractivity contribution in [1.29, 1.82) is 0 Å². The normalized spacial score (nSPS) is 20.4. The lowest BCUT2D eigenvalue weighted by atomic mass is 9.91. The van der Waals surface area contributed by atoms with Crippen molar-refractivity contribution in [3.8, 4) is 11.5 Å². The monoisotopic (exact) mass is 497 g/mol. The Morgan fingerprint density at radius 1 is 1.06 bits per heavy atom. The number of phenols is 1. The number of phenolic OH excluding ortho intramolecular Hbond substituents is 1. The number of hydrogen-bond acceptors (Lipinski definition) is 5. The van der Waals surface area contributed by atoms with Crippen molar-refractivity contribution in [2.24, 2.45) is 0 Å². The number of carbonyl (C=O) groups excluding carboxylic acids is 2. The minimum absolute atomic E-state index is 0.0407. The number of ether oxygens (including phenoxy) is 1. The lowest BCUT2D eigenvalue weighted by Gasteiger charge is -2.35. The molecule has 1 atom stereocenters. The molecular weight excluding hydrogens is 466 g/mol. The van der Waals surface area contributed by atoms with Crippen LogP contribution >= 0.6 is 11.6 Å². The number of Topliss-reactive ketones (excluding diaryl/α,β-unsaturated/α-hetero) is 1. The summed E-state index contributed by atoms with van der Waals surface area (Å²) >= 11 is 6.19. The number of likely N-dealkylation sites (tertiary alicyclic amines) is 1. The first-order valence-corrected chi connectivity index (χ1v) is 12.8. The van der Waals surface area contributed by atoms with Crippen molar-refractivity contribution in [2.75, 3.05) is 6.61 Å². The molecule has 1 aliphatic heterocycles. The Morgan fingerprint density at radius 2 is 1.77 bits per heavy atom. The molecule has 2 aromatic rings. The summed E-state index contributed by atoms with van der Waals surface area (Å²) in [7, 11) is 0. The second-order valence-electron chi connectivity index (χ2n) is 9.29. The number of amides is 1. The second kappa shape index (κ2) is 11.2.